The van der Waals surface area contributed by atoms with Gasteiger partial charge in [0.15, 0.2) is 5.13 Å². The molecule has 0 spiro atoms. The molecule has 3 N–H and O–H groups in total. The summed E-state index contributed by atoms with van der Waals surface area (Å²) in [6.45, 7) is -3.05. The minimum Gasteiger partial charge on any atom is -0.417 e. The van der Waals surface area contributed by atoms with E-state index in [0.717, 1.165) is 35.9 Å². The van der Waals surface area contributed by atoms with Crippen molar-refractivity contribution < 1.29 is 36.2 Å². The summed E-state index contributed by atoms with van der Waals surface area (Å²) in [5.41, 5.74) is 6.09. The van der Waals surface area contributed by atoms with E-state index in [9.17, 15) is 26.7 Å². The molecule has 158 valence electrons. The minimum absolute atomic E-state index is 0.0480. The van der Waals surface area contributed by atoms with E-state index >= 15 is 0 Å². The van der Waals surface area contributed by atoms with Gasteiger partial charge in [-0.1, -0.05) is 11.3 Å². The number of aromatic nitrogens is 3. The highest BCUT2D eigenvalue weighted by Gasteiger charge is 2.31. The predicted octanol–water partition coefficient (Wildman–Crippen LogP) is 3.99. The number of anilines is 3. The number of hydrogen-bond donors (Lipinski definition) is 2. The second-order valence-electron chi connectivity index (χ2n) is 5.38. The Morgan fingerprint density at radius 3 is 2.37 bits per heavy atom. The van der Waals surface area contributed by atoms with Gasteiger partial charge in [0.1, 0.15) is 10.7 Å². The minimum atomic E-state index is -4.86. The van der Waals surface area contributed by atoms with Gasteiger partial charge in [-0.15, -0.1) is 13.2 Å². The molecule has 8 nitrogen and oxygen atoms in total. The number of carbonyl (C=O) groups is 1. The summed E-state index contributed by atoms with van der Waals surface area (Å²) in [7, 11) is 0. The van der Waals surface area contributed by atoms with Crippen molar-refractivity contribution in [1.82, 2.24) is 15.0 Å². The van der Waals surface area contributed by atoms with Crippen molar-refractivity contribution in [2.45, 2.75) is 13.0 Å². The number of pyridine rings is 2. The summed E-state index contributed by atoms with van der Waals surface area (Å²) in [6, 6.07) is 4.60. The van der Waals surface area contributed by atoms with Gasteiger partial charge < -0.3 is 20.5 Å². The number of hydrogen-bond acceptors (Lipinski definition) is 9. The maximum absolute atomic E-state index is 12.5. The molecule has 0 fully saturated rings. The molecule has 14 heteroatoms. The summed E-state index contributed by atoms with van der Waals surface area (Å²) in [4.78, 5) is 23.7. The molecule has 0 bridgehead atoms. The van der Waals surface area contributed by atoms with Crippen LogP contribution < -0.4 is 20.5 Å². The van der Waals surface area contributed by atoms with Crippen LogP contribution in [0, 0.1) is 0 Å². The van der Waals surface area contributed by atoms with E-state index in [4.69, 9.17) is 5.73 Å². The number of carbonyl (C=O) groups excluding carboxylic acids is 1. The third-order valence-electron chi connectivity index (χ3n) is 3.28. The van der Waals surface area contributed by atoms with Crippen LogP contribution >= 0.6 is 11.3 Å². The number of nitrogens with two attached hydrogens (primary N) is 1. The van der Waals surface area contributed by atoms with E-state index in [1.54, 1.807) is 0 Å². The Bertz CT molecular complexity index is 1030. The highest BCUT2D eigenvalue weighted by molar-refractivity contribution is 7.18. The van der Waals surface area contributed by atoms with Gasteiger partial charge in [-0.05, 0) is 12.1 Å². The first kappa shape index (κ1) is 21.2. The van der Waals surface area contributed by atoms with Crippen molar-refractivity contribution in [1.29, 1.82) is 0 Å². The normalized spacial score (nSPS) is 11.4. The smallest absolute Gasteiger partial charge is 0.417 e. The fraction of sp³-hybridized carbons (Fsp3) is 0.125. The number of halogens is 5. The Balaban J connectivity index is 1.71. The van der Waals surface area contributed by atoms with Gasteiger partial charge in [-0.2, -0.15) is 8.78 Å². The Labute approximate surface area is 168 Å². The van der Waals surface area contributed by atoms with Crippen molar-refractivity contribution in [3.63, 3.8) is 0 Å². The molecule has 0 unspecified atom stereocenters. The first-order chi connectivity index (χ1) is 14.1. The third-order valence-corrected chi connectivity index (χ3v) is 4.26. The van der Waals surface area contributed by atoms with Gasteiger partial charge in [-0.25, -0.2) is 15.0 Å². The van der Waals surface area contributed by atoms with E-state index in [1.807, 2.05) is 0 Å². The molecule has 0 amide bonds. The van der Waals surface area contributed by atoms with Crippen LogP contribution in [-0.2, 0) is 0 Å². The Kier molecular flexibility index (Phi) is 5.96. The average molecular weight is 447 g/mol. The molecule has 0 atom stereocenters. The molecule has 3 heterocycles. The van der Waals surface area contributed by atoms with Crippen molar-refractivity contribution in [3.05, 3.63) is 47.1 Å². The Morgan fingerprint density at radius 1 is 1.10 bits per heavy atom. The SMILES string of the molecule is Nc1nc(Nc2ccc(OC(F)(F)F)nc2)sc1C(=O)c1ccc(OC(F)F)nc1. The summed E-state index contributed by atoms with van der Waals surface area (Å²) in [5.74, 6) is -1.66. The van der Waals surface area contributed by atoms with E-state index in [0.29, 0.717) is 0 Å². The number of nitrogens with one attached hydrogen (secondary N) is 1. The molecule has 0 saturated heterocycles. The van der Waals surface area contributed by atoms with Crippen LogP contribution in [0.2, 0.25) is 0 Å². The Morgan fingerprint density at radius 2 is 1.80 bits per heavy atom. The fourth-order valence-corrected chi connectivity index (χ4v) is 2.98. The molecule has 0 aliphatic heterocycles. The molecule has 0 aliphatic rings. The molecule has 0 saturated carbocycles. The maximum atomic E-state index is 12.5. The Hall–Kier alpha value is -3.55. The lowest BCUT2D eigenvalue weighted by Gasteiger charge is -2.08. The van der Waals surface area contributed by atoms with Gasteiger partial charge in [0.2, 0.25) is 17.5 Å². The quantitative estimate of drug-likeness (QED) is 0.413. The number of ether oxygens (including phenoxy) is 2. The largest absolute Gasteiger partial charge is 0.574 e. The monoisotopic (exact) mass is 447 g/mol. The lowest BCUT2D eigenvalue weighted by Crippen LogP contribution is -2.17. The summed E-state index contributed by atoms with van der Waals surface area (Å²) < 4.78 is 68.5. The standard InChI is InChI=1S/C16H10F5N5O3S/c17-14(18)28-9-3-1-7(5-23-9)11(27)12-13(22)26-15(30-12)25-8-2-4-10(24-6-8)29-16(19,20)21/h1-6,14H,22H2,(H,25,26). The zero-order valence-electron chi connectivity index (χ0n) is 14.5. The lowest BCUT2D eigenvalue weighted by atomic mass is 10.1. The van der Waals surface area contributed by atoms with Gasteiger partial charge >= 0.3 is 13.0 Å². The van der Waals surface area contributed by atoms with Crippen molar-refractivity contribution >= 4 is 33.8 Å². The van der Waals surface area contributed by atoms with Crippen molar-refractivity contribution in [3.8, 4) is 11.8 Å². The summed E-state index contributed by atoms with van der Waals surface area (Å²) >= 11 is 0.872. The molecule has 0 aliphatic carbocycles. The van der Waals surface area contributed by atoms with Crippen molar-refractivity contribution in [2.75, 3.05) is 11.1 Å². The zero-order valence-corrected chi connectivity index (χ0v) is 15.3. The molecular weight excluding hydrogens is 437 g/mol. The zero-order chi connectivity index (χ0) is 21.9. The van der Waals surface area contributed by atoms with Gasteiger partial charge in [0, 0.05) is 23.9 Å². The maximum Gasteiger partial charge on any atom is 0.574 e. The van der Waals surface area contributed by atoms with Crippen LogP contribution in [0.15, 0.2) is 36.7 Å². The summed E-state index contributed by atoms with van der Waals surface area (Å²) in [5, 5.41) is 2.92. The van der Waals surface area contributed by atoms with Gasteiger partial charge in [0.05, 0.1) is 11.9 Å². The molecule has 0 radical (unpaired) electrons. The molecule has 3 aromatic rings. The van der Waals surface area contributed by atoms with Crippen LogP contribution in [0.3, 0.4) is 0 Å². The van der Waals surface area contributed by atoms with Crippen LogP contribution in [0.25, 0.3) is 0 Å². The van der Waals surface area contributed by atoms with Crippen LogP contribution in [0.1, 0.15) is 15.2 Å². The summed E-state index contributed by atoms with van der Waals surface area (Å²) in [6.07, 6.45) is -2.74. The molecular formula is C16H10F5N5O3S. The van der Waals surface area contributed by atoms with Crippen LogP contribution in [-0.4, -0.2) is 33.7 Å². The number of nitrogens with zero attached hydrogens (tertiary/aromatic N) is 3. The number of alkyl halides is 5. The number of rotatable bonds is 7. The molecule has 3 aromatic heterocycles. The van der Waals surface area contributed by atoms with Crippen LogP contribution in [0.5, 0.6) is 11.8 Å². The predicted molar refractivity (Wildman–Crippen MR) is 95.0 cm³/mol. The average Bonchev–Trinajstić information content (AvgIpc) is 3.02. The highest BCUT2D eigenvalue weighted by atomic mass is 32.1. The third kappa shape index (κ3) is 5.50. The second kappa shape index (κ2) is 8.44. The number of thiazole rings is 1. The van der Waals surface area contributed by atoms with E-state index in [-0.39, 0.29) is 33.0 Å². The van der Waals surface area contributed by atoms with Crippen LogP contribution in [0.4, 0.5) is 38.6 Å². The van der Waals surface area contributed by atoms with Gasteiger partial charge in [0.25, 0.3) is 0 Å². The topological polar surface area (TPSA) is 112 Å². The lowest BCUT2D eigenvalue weighted by molar-refractivity contribution is -0.276. The first-order valence-corrected chi connectivity index (χ1v) is 8.63. The number of nitrogen functional groups attached to an aromatic ring is 1. The molecule has 3 rings (SSSR count). The van der Waals surface area contributed by atoms with E-state index in [2.05, 4.69) is 29.7 Å². The van der Waals surface area contributed by atoms with E-state index in [1.165, 1.54) is 12.1 Å². The number of ketones is 1. The van der Waals surface area contributed by atoms with Gasteiger partial charge in [-0.3, -0.25) is 4.79 Å². The fourth-order valence-electron chi connectivity index (χ4n) is 2.11. The highest BCUT2D eigenvalue weighted by Crippen LogP contribution is 2.30. The second-order valence-corrected chi connectivity index (χ2v) is 6.38. The first-order valence-electron chi connectivity index (χ1n) is 7.81. The van der Waals surface area contributed by atoms with E-state index < -0.39 is 24.6 Å². The molecule has 0 aromatic carbocycles. The molecule has 30 heavy (non-hydrogen) atoms. The van der Waals surface area contributed by atoms with Crippen molar-refractivity contribution in [2.24, 2.45) is 0 Å².